The molecule has 19 heavy (non-hydrogen) atoms. The Hall–Kier alpha value is -1.38. The quantitative estimate of drug-likeness (QED) is 0.379. The molecular formula is C16H16O3. The van der Waals surface area contributed by atoms with Gasteiger partial charge in [-0.05, 0) is 12.8 Å². The van der Waals surface area contributed by atoms with Crippen molar-refractivity contribution in [3.05, 3.63) is 24.3 Å². The van der Waals surface area contributed by atoms with E-state index in [1.54, 1.807) is 0 Å². The minimum Gasteiger partial charge on any atom is -0.393 e. The minimum absolute atomic E-state index is 0.148. The van der Waals surface area contributed by atoms with Crippen LogP contribution >= 0.6 is 0 Å². The third kappa shape index (κ3) is 0.851. The molecular weight excluding hydrogens is 240 g/mol. The summed E-state index contributed by atoms with van der Waals surface area (Å²) in [7, 11) is 0. The Morgan fingerprint density at radius 3 is 1.79 bits per heavy atom. The van der Waals surface area contributed by atoms with Crippen molar-refractivity contribution < 1.29 is 14.3 Å². The molecule has 0 spiro atoms. The highest BCUT2D eigenvalue weighted by Gasteiger charge is 2.74. The average Bonchev–Trinajstić information content (AvgIpc) is 2.69. The van der Waals surface area contributed by atoms with E-state index in [0.29, 0.717) is 0 Å². The normalized spacial score (nSPS) is 56.2. The van der Waals surface area contributed by atoms with Crippen LogP contribution in [0.4, 0.5) is 0 Å². The Bertz CT molecular complexity index is 527. The summed E-state index contributed by atoms with van der Waals surface area (Å²) in [5.74, 6) is -0.595. The predicted molar refractivity (Wildman–Crippen MR) is 66.7 cm³/mol. The maximum absolute atomic E-state index is 12.1. The van der Waals surface area contributed by atoms with E-state index in [9.17, 15) is 9.59 Å². The standard InChI is InChI=1S/C16H16O3/c17-13-11-9-3-4-10(12(11)14(18)19-13)16-6-2-1-5-15(9,16)7-8-16/h3-4,7-12H,1-2,5-6H2/t9-,10-,11-,12-,15+,16+/m1/s1. The number of carbonyl (C=O) groups excluding carboxylic acids is 2. The molecule has 0 amide bonds. The molecule has 3 heteroatoms. The lowest BCUT2D eigenvalue weighted by atomic mass is 9.32. The molecule has 1 aliphatic heterocycles. The van der Waals surface area contributed by atoms with Crippen molar-refractivity contribution in [3.8, 4) is 0 Å². The van der Waals surface area contributed by atoms with Gasteiger partial charge in [-0.3, -0.25) is 9.59 Å². The number of esters is 2. The first-order valence-electron chi connectivity index (χ1n) is 7.34. The number of hydrogen-bond donors (Lipinski definition) is 0. The molecule has 2 bridgehead atoms. The van der Waals surface area contributed by atoms with Gasteiger partial charge in [0.25, 0.3) is 0 Å². The summed E-state index contributed by atoms with van der Waals surface area (Å²) in [4.78, 5) is 24.1. The van der Waals surface area contributed by atoms with Crippen molar-refractivity contribution in [2.75, 3.05) is 0 Å². The van der Waals surface area contributed by atoms with Crippen LogP contribution in [0, 0.1) is 34.5 Å². The molecule has 6 rings (SSSR count). The van der Waals surface area contributed by atoms with Crippen molar-refractivity contribution in [3.63, 3.8) is 0 Å². The molecule has 98 valence electrons. The molecule has 3 nitrogen and oxygen atoms in total. The van der Waals surface area contributed by atoms with E-state index in [1.807, 2.05) is 0 Å². The highest BCUT2D eigenvalue weighted by atomic mass is 16.6. The fourth-order valence-corrected chi connectivity index (χ4v) is 5.89. The number of carbonyl (C=O) groups is 2. The monoisotopic (exact) mass is 256 g/mol. The summed E-state index contributed by atoms with van der Waals surface area (Å²) in [6.45, 7) is 0. The lowest BCUT2D eigenvalue weighted by molar-refractivity contribution is -0.154. The van der Waals surface area contributed by atoms with Gasteiger partial charge in [0, 0.05) is 22.7 Å². The zero-order valence-corrected chi connectivity index (χ0v) is 10.7. The zero-order valence-electron chi connectivity index (χ0n) is 10.7. The number of hydrogen-bond acceptors (Lipinski definition) is 3. The maximum atomic E-state index is 12.1. The molecule has 6 atom stereocenters. The molecule has 2 saturated carbocycles. The minimum atomic E-state index is -0.275. The summed E-state index contributed by atoms with van der Waals surface area (Å²) in [6, 6.07) is 0. The van der Waals surface area contributed by atoms with Gasteiger partial charge in [-0.15, -0.1) is 0 Å². The Balaban J connectivity index is 1.75. The summed E-state index contributed by atoms with van der Waals surface area (Å²) in [6.07, 6.45) is 13.9. The summed E-state index contributed by atoms with van der Waals surface area (Å²) in [5, 5.41) is 0. The van der Waals surface area contributed by atoms with Gasteiger partial charge >= 0.3 is 11.9 Å². The Labute approximate surface area is 111 Å². The molecule has 1 heterocycles. The average molecular weight is 256 g/mol. The molecule has 0 radical (unpaired) electrons. The van der Waals surface area contributed by atoms with E-state index in [4.69, 9.17) is 4.74 Å². The van der Waals surface area contributed by atoms with Crippen LogP contribution in [0.1, 0.15) is 25.7 Å². The van der Waals surface area contributed by atoms with Gasteiger partial charge in [0.2, 0.25) is 0 Å². The second-order valence-corrected chi connectivity index (χ2v) is 6.85. The Morgan fingerprint density at radius 1 is 0.895 bits per heavy atom. The lowest BCUT2D eigenvalue weighted by Gasteiger charge is -2.69. The number of cyclic esters (lactones) is 2. The molecule has 5 aliphatic carbocycles. The van der Waals surface area contributed by atoms with Crippen LogP contribution in [0.15, 0.2) is 24.3 Å². The van der Waals surface area contributed by atoms with Crippen molar-refractivity contribution in [2.45, 2.75) is 25.7 Å². The molecule has 3 fully saturated rings. The third-order valence-corrected chi connectivity index (χ3v) is 6.60. The number of allylic oxidation sites excluding steroid dienone is 4. The first kappa shape index (κ1) is 10.4. The smallest absolute Gasteiger partial charge is 0.318 e. The largest absolute Gasteiger partial charge is 0.393 e. The van der Waals surface area contributed by atoms with Crippen molar-refractivity contribution >= 4 is 11.9 Å². The van der Waals surface area contributed by atoms with Gasteiger partial charge in [-0.2, -0.15) is 0 Å². The van der Waals surface area contributed by atoms with Gasteiger partial charge in [0.05, 0.1) is 11.8 Å². The molecule has 0 aromatic rings. The van der Waals surface area contributed by atoms with Gasteiger partial charge in [0.1, 0.15) is 0 Å². The summed E-state index contributed by atoms with van der Waals surface area (Å²) in [5.41, 5.74) is 0.297. The Kier molecular flexibility index (Phi) is 1.57. The van der Waals surface area contributed by atoms with Crippen molar-refractivity contribution in [1.29, 1.82) is 0 Å². The maximum Gasteiger partial charge on any atom is 0.318 e. The van der Waals surface area contributed by atoms with Crippen LogP contribution < -0.4 is 0 Å². The highest BCUT2D eigenvalue weighted by molar-refractivity contribution is 5.98. The number of ether oxygens (including phenoxy) is 1. The molecule has 0 aromatic heterocycles. The molecule has 0 unspecified atom stereocenters. The predicted octanol–water partition coefficient (Wildman–Crippen LogP) is 2.23. The van der Waals surface area contributed by atoms with Gasteiger partial charge in [-0.25, -0.2) is 0 Å². The zero-order chi connectivity index (χ0) is 12.8. The van der Waals surface area contributed by atoms with Crippen molar-refractivity contribution in [1.82, 2.24) is 0 Å². The Morgan fingerprint density at radius 2 is 1.37 bits per heavy atom. The fourth-order valence-electron chi connectivity index (χ4n) is 5.89. The summed E-state index contributed by atoms with van der Waals surface area (Å²) < 4.78 is 4.97. The second-order valence-electron chi connectivity index (χ2n) is 6.85. The third-order valence-electron chi connectivity index (χ3n) is 6.60. The lowest BCUT2D eigenvalue weighted by Crippen LogP contribution is -2.66. The van der Waals surface area contributed by atoms with E-state index in [0.717, 1.165) is 0 Å². The first-order chi connectivity index (χ1) is 9.20. The molecule has 0 aromatic carbocycles. The van der Waals surface area contributed by atoms with E-state index in [2.05, 4.69) is 24.3 Å². The second kappa shape index (κ2) is 2.87. The van der Waals surface area contributed by atoms with Gasteiger partial charge < -0.3 is 4.74 Å². The van der Waals surface area contributed by atoms with Gasteiger partial charge in [-0.1, -0.05) is 37.1 Å². The fraction of sp³-hybridized carbons (Fsp3) is 0.625. The molecule has 1 saturated heterocycles. The SMILES string of the molecule is O=C1OC(=O)[C@H]2[C@H]1[C@H]1C=C[C@H]2[C@]23C=C[C@@]12CCCC3. The van der Waals surface area contributed by atoms with Crippen LogP contribution in [-0.2, 0) is 14.3 Å². The van der Waals surface area contributed by atoms with E-state index in [1.165, 1.54) is 25.7 Å². The highest BCUT2D eigenvalue weighted by Crippen LogP contribution is 2.75. The first-order valence-corrected chi connectivity index (χ1v) is 7.34. The van der Waals surface area contributed by atoms with Crippen LogP contribution in [0.5, 0.6) is 0 Å². The van der Waals surface area contributed by atoms with E-state index in [-0.39, 0.29) is 46.4 Å². The van der Waals surface area contributed by atoms with Crippen LogP contribution in [0.2, 0.25) is 0 Å². The van der Waals surface area contributed by atoms with Crippen LogP contribution in [-0.4, -0.2) is 11.9 Å². The van der Waals surface area contributed by atoms with E-state index >= 15 is 0 Å². The van der Waals surface area contributed by atoms with Crippen LogP contribution in [0.25, 0.3) is 0 Å². The number of rotatable bonds is 0. The van der Waals surface area contributed by atoms with E-state index < -0.39 is 0 Å². The van der Waals surface area contributed by atoms with Gasteiger partial charge in [0.15, 0.2) is 0 Å². The molecule has 0 N–H and O–H groups in total. The molecule has 6 aliphatic rings. The topological polar surface area (TPSA) is 43.4 Å². The van der Waals surface area contributed by atoms with Crippen molar-refractivity contribution in [2.24, 2.45) is 34.5 Å². The summed E-state index contributed by atoms with van der Waals surface area (Å²) >= 11 is 0. The van der Waals surface area contributed by atoms with Crippen LogP contribution in [0.3, 0.4) is 0 Å².